The van der Waals surface area contributed by atoms with Crippen molar-refractivity contribution in [1.82, 2.24) is 14.9 Å². The van der Waals surface area contributed by atoms with E-state index in [4.69, 9.17) is 0 Å². The summed E-state index contributed by atoms with van der Waals surface area (Å²) in [4.78, 5) is 9.37. The summed E-state index contributed by atoms with van der Waals surface area (Å²) < 4.78 is 0. The largest absolute Gasteiger partial charge is 0.508 e. The highest BCUT2D eigenvalue weighted by Gasteiger charge is 2.22. The molecule has 0 spiro atoms. The lowest BCUT2D eigenvalue weighted by molar-refractivity contribution is 0.209. The van der Waals surface area contributed by atoms with Crippen molar-refractivity contribution in [3.8, 4) is 5.75 Å². The summed E-state index contributed by atoms with van der Waals surface area (Å²) in [5.41, 5.74) is 5.18. The van der Waals surface area contributed by atoms with Crippen LogP contribution < -0.4 is 0 Å². The standard InChI is InChI=1S/C25H29N3O/c29-20-8-9-25-22(15-20)23(17-27-25)18-10-13-28(14-11-18)12-4-3-5-19-16-26-24-7-2-1-6-21(19)24/h1-2,6-9,15-18,26-27,29H,3-5,10-14H2. The number of fused-ring (bicyclic) bond motifs is 2. The molecule has 2 aromatic heterocycles. The number of phenols is 1. The summed E-state index contributed by atoms with van der Waals surface area (Å²) in [5, 5.41) is 12.4. The van der Waals surface area contributed by atoms with Crippen LogP contribution in [0.2, 0.25) is 0 Å². The van der Waals surface area contributed by atoms with Gasteiger partial charge in [0.05, 0.1) is 0 Å². The number of H-pyrrole nitrogens is 2. The average Bonchev–Trinajstić information content (AvgIpc) is 3.36. The Morgan fingerprint density at radius 2 is 1.69 bits per heavy atom. The number of benzene rings is 2. The molecule has 0 atom stereocenters. The molecule has 3 N–H and O–H groups in total. The number of para-hydroxylation sites is 1. The lowest BCUT2D eigenvalue weighted by Crippen LogP contribution is -2.33. The smallest absolute Gasteiger partial charge is 0.116 e. The summed E-state index contributed by atoms with van der Waals surface area (Å²) in [7, 11) is 0. The molecule has 29 heavy (non-hydrogen) atoms. The number of likely N-dealkylation sites (tertiary alicyclic amines) is 1. The number of unbranched alkanes of at least 4 members (excludes halogenated alkanes) is 1. The molecule has 1 aliphatic heterocycles. The number of piperidine rings is 1. The van der Waals surface area contributed by atoms with Gasteiger partial charge in [0.15, 0.2) is 0 Å². The Bertz CT molecular complexity index is 1100. The van der Waals surface area contributed by atoms with Crippen LogP contribution in [-0.4, -0.2) is 39.6 Å². The first-order valence-electron chi connectivity index (χ1n) is 10.9. The number of hydrogen-bond acceptors (Lipinski definition) is 2. The van der Waals surface area contributed by atoms with Crippen molar-refractivity contribution in [2.75, 3.05) is 19.6 Å². The molecule has 0 bridgehead atoms. The number of aromatic nitrogens is 2. The molecule has 1 fully saturated rings. The van der Waals surface area contributed by atoms with Gasteiger partial charge in [-0.15, -0.1) is 0 Å². The zero-order valence-corrected chi connectivity index (χ0v) is 16.8. The van der Waals surface area contributed by atoms with Gasteiger partial charge in [0.25, 0.3) is 0 Å². The zero-order chi connectivity index (χ0) is 19.6. The molecule has 4 heteroatoms. The molecule has 0 radical (unpaired) electrons. The van der Waals surface area contributed by atoms with Crippen LogP contribution in [0.3, 0.4) is 0 Å². The fourth-order valence-electron chi connectivity index (χ4n) is 4.92. The second-order valence-electron chi connectivity index (χ2n) is 8.41. The van der Waals surface area contributed by atoms with E-state index in [1.807, 2.05) is 12.1 Å². The van der Waals surface area contributed by atoms with E-state index < -0.39 is 0 Å². The van der Waals surface area contributed by atoms with E-state index in [-0.39, 0.29) is 0 Å². The van der Waals surface area contributed by atoms with Gasteiger partial charge in [-0.1, -0.05) is 18.2 Å². The Morgan fingerprint density at radius 1 is 0.897 bits per heavy atom. The van der Waals surface area contributed by atoms with Gasteiger partial charge in [-0.3, -0.25) is 0 Å². The Morgan fingerprint density at radius 3 is 2.59 bits per heavy atom. The normalized spacial score (nSPS) is 16.1. The average molecular weight is 388 g/mol. The van der Waals surface area contributed by atoms with E-state index in [0.717, 1.165) is 11.9 Å². The van der Waals surface area contributed by atoms with Crippen molar-refractivity contribution in [3.63, 3.8) is 0 Å². The second-order valence-corrected chi connectivity index (χ2v) is 8.41. The van der Waals surface area contributed by atoms with Crippen LogP contribution in [0.5, 0.6) is 5.75 Å². The molecule has 0 unspecified atom stereocenters. The van der Waals surface area contributed by atoms with Gasteiger partial charge in [0, 0.05) is 34.2 Å². The lowest BCUT2D eigenvalue weighted by Gasteiger charge is -2.32. The molecule has 150 valence electrons. The molecule has 4 nitrogen and oxygen atoms in total. The molecule has 0 aliphatic carbocycles. The van der Waals surface area contributed by atoms with E-state index in [0.29, 0.717) is 11.7 Å². The minimum Gasteiger partial charge on any atom is -0.508 e. The van der Waals surface area contributed by atoms with E-state index in [2.05, 4.69) is 51.5 Å². The molecule has 4 aromatic rings. The van der Waals surface area contributed by atoms with Crippen molar-refractivity contribution in [3.05, 3.63) is 66.0 Å². The van der Waals surface area contributed by atoms with Crippen molar-refractivity contribution in [2.45, 2.75) is 38.0 Å². The fraction of sp³-hybridized carbons (Fsp3) is 0.360. The van der Waals surface area contributed by atoms with Gasteiger partial charge in [-0.2, -0.15) is 0 Å². The first-order chi connectivity index (χ1) is 14.3. The highest BCUT2D eigenvalue weighted by Crippen LogP contribution is 2.34. The predicted octanol–water partition coefficient (Wildman–Crippen LogP) is 5.56. The van der Waals surface area contributed by atoms with Crippen LogP contribution in [0.4, 0.5) is 0 Å². The third-order valence-corrected chi connectivity index (χ3v) is 6.57. The van der Waals surface area contributed by atoms with Crippen LogP contribution in [0.1, 0.15) is 42.7 Å². The number of nitrogens with zero attached hydrogens (tertiary/aromatic N) is 1. The number of phenolic OH excluding ortho intramolecular Hbond substituents is 1. The summed E-state index contributed by atoms with van der Waals surface area (Å²) in [6.45, 7) is 3.54. The Hall–Kier alpha value is -2.72. The minimum atomic E-state index is 0.353. The Kier molecular flexibility index (Phi) is 5.03. The number of aryl methyl sites for hydroxylation is 1. The predicted molar refractivity (Wildman–Crippen MR) is 120 cm³/mol. The molecular weight excluding hydrogens is 358 g/mol. The van der Waals surface area contributed by atoms with Gasteiger partial charge in [0.1, 0.15) is 5.75 Å². The van der Waals surface area contributed by atoms with Crippen molar-refractivity contribution >= 4 is 21.8 Å². The molecule has 2 aromatic carbocycles. The second kappa shape index (κ2) is 7.96. The zero-order valence-electron chi connectivity index (χ0n) is 16.8. The van der Waals surface area contributed by atoms with E-state index >= 15 is 0 Å². The summed E-state index contributed by atoms with van der Waals surface area (Å²) in [6.07, 6.45) is 10.4. The highest BCUT2D eigenvalue weighted by atomic mass is 16.3. The van der Waals surface area contributed by atoms with Crippen molar-refractivity contribution < 1.29 is 5.11 Å². The molecular formula is C25H29N3O. The highest BCUT2D eigenvalue weighted by molar-refractivity contribution is 5.85. The van der Waals surface area contributed by atoms with Gasteiger partial charge >= 0.3 is 0 Å². The molecule has 1 saturated heterocycles. The van der Waals surface area contributed by atoms with Gasteiger partial charge in [-0.05, 0) is 93.0 Å². The maximum Gasteiger partial charge on any atom is 0.116 e. The maximum atomic E-state index is 9.84. The first kappa shape index (κ1) is 18.3. The lowest BCUT2D eigenvalue weighted by atomic mass is 9.89. The minimum absolute atomic E-state index is 0.353. The molecule has 0 saturated carbocycles. The number of hydrogen-bond donors (Lipinski definition) is 3. The van der Waals surface area contributed by atoms with Gasteiger partial charge < -0.3 is 20.0 Å². The summed E-state index contributed by atoms with van der Waals surface area (Å²) in [5.74, 6) is 0.944. The van der Waals surface area contributed by atoms with Crippen molar-refractivity contribution in [1.29, 1.82) is 0 Å². The number of aromatic amines is 2. The quantitative estimate of drug-likeness (QED) is 0.380. The van der Waals surface area contributed by atoms with Gasteiger partial charge in [-0.25, -0.2) is 0 Å². The molecule has 5 rings (SSSR count). The Labute approximate surface area is 171 Å². The first-order valence-corrected chi connectivity index (χ1v) is 10.9. The van der Waals surface area contributed by atoms with Crippen LogP contribution in [-0.2, 0) is 6.42 Å². The third-order valence-electron chi connectivity index (χ3n) is 6.57. The SMILES string of the molecule is Oc1ccc2[nH]cc(C3CCN(CCCCc4c[nH]c5ccccc45)CC3)c2c1. The molecule has 1 aliphatic rings. The fourth-order valence-corrected chi connectivity index (χ4v) is 4.92. The van der Waals surface area contributed by atoms with Gasteiger partial charge in [0.2, 0.25) is 0 Å². The van der Waals surface area contributed by atoms with Crippen LogP contribution in [0.15, 0.2) is 54.9 Å². The Balaban J connectivity index is 1.11. The summed E-state index contributed by atoms with van der Waals surface area (Å²) >= 11 is 0. The van der Waals surface area contributed by atoms with Crippen LogP contribution in [0, 0.1) is 0 Å². The monoisotopic (exact) mass is 387 g/mol. The number of nitrogens with one attached hydrogen (secondary N) is 2. The van der Waals surface area contributed by atoms with Crippen LogP contribution >= 0.6 is 0 Å². The maximum absolute atomic E-state index is 9.84. The van der Waals surface area contributed by atoms with Crippen LogP contribution in [0.25, 0.3) is 21.8 Å². The topological polar surface area (TPSA) is 55.0 Å². The number of rotatable bonds is 6. The van der Waals surface area contributed by atoms with Crippen molar-refractivity contribution in [2.24, 2.45) is 0 Å². The van der Waals surface area contributed by atoms with E-state index in [1.54, 1.807) is 6.07 Å². The van der Waals surface area contributed by atoms with E-state index in [9.17, 15) is 5.11 Å². The summed E-state index contributed by atoms with van der Waals surface area (Å²) in [6, 6.07) is 14.2. The molecule has 3 heterocycles. The van der Waals surface area contributed by atoms with E-state index in [1.165, 1.54) is 72.7 Å². The molecule has 0 amide bonds. The third kappa shape index (κ3) is 3.77. The number of aromatic hydroxyl groups is 1.